The van der Waals surface area contributed by atoms with Gasteiger partial charge in [0, 0.05) is 18.8 Å². The van der Waals surface area contributed by atoms with Crippen LogP contribution in [0.4, 0.5) is 15.3 Å². The molecule has 0 bridgehead atoms. The monoisotopic (exact) mass is 320 g/mol. The molecule has 6 heteroatoms. The molecule has 126 valence electrons. The van der Waals surface area contributed by atoms with Crippen LogP contribution in [0.1, 0.15) is 27.2 Å². The number of amides is 2. The van der Waals surface area contributed by atoms with E-state index in [1.807, 2.05) is 4.90 Å². The maximum atomic E-state index is 12.3. The molecule has 1 aromatic rings. The number of anilines is 1. The van der Waals surface area contributed by atoms with Crippen LogP contribution in [0, 0.1) is 11.8 Å². The lowest BCUT2D eigenvalue weighted by Crippen LogP contribution is -2.44. The van der Waals surface area contributed by atoms with Crippen LogP contribution in [0.5, 0.6) is 5.75 Å². The number of hydrogen-bond acceptors (Lipinski definition) is 4. The van der Waals surface area contributed by atoms with Gasteiger partial charge in [0.1, 0.15) is 5.75 Å². The lowest BCUT2D eigenvalue weighted by atomic mass is 9.92. The molecular weight excluding hydrogens is 296 g/mol. The number of urea groups is 1. The van der Waals surface area contributed by atoms with Crippen molar-refractivity contribution in [1.29, 1.82) is 0 Å². The van der Waals surface area contributed by atoms with Gasteiger partial charge >= 0.3 is 12.2 Å². The summed E-state index contributed by atoms with van der Waals surface area (Å²) in [4.78, 5) is 25.4. The third-order valence-electron chi connectivity index (χ3n) is 3.73. The van der Waals surface area contributed by atoms with E-state index in [0.29, 0.717) is 23.3 Å². The molecule has 6 nitrogen and oxygen atoms in total. The molecule has 1 aliphatic heterocycles. The van der Waals surface area contributed by atoms with Gasteiger partial charge in [-0.05, 0) is 49.4 Å². The van der Waals surface area contributed by atoms with Crippen LogP contribution in [0.15, 0.2) is 24.3 Å². The van der Waals surface area contributed by atoms with Crippen LogP contribution in [0.25, 0.3) is 0 Å². The number of hydrogen-bond donors (Lipinski definition) is 1. The van der Waals surface area contributed by atoms with Crippen LogP contribution in [0.3, 0.4) is 0 Å². The molecule has 23 heavy (non-hydrogen) atoms. The van der Waals surface area contributed by atoms with Gasteiger partial charge in [-0.1, -0.05) is 13.8 Å². The van der Waals surface area contributed by atoms with Crippen molar-refractivity contribution in [2.24, 2.45) is 11.8 Å². The number of nitrogens with one attached hydrogen (secondary N) is 1. The summed E-state index contributed by atoms with van der Waals surface area (Å²) in [6, 6.07) is 6.54. The fraction of sp³-hybridized carbons (Fsp3) is 0.529. The number of carbonyl (C=O) groups excluding carboxylic acids is 2. The number of ether oxygens (including phenoxy) is 2. The highest BCUT2D eigenvalue weighted by Crippen LogP contribution is 2.22. The molecule has 0 aromatic heterocycles. The van der Waals surface area contributed by atoms with E-state index in [1.165, 1.54) is 0 Å². The third kappa shape index (κ3) is 5.16. The van der Waals surface area contributed by atoms with Crippen molar-refractivity contribution in [3.05, 3.63) is 24.3 Å². The molecule has 1 aliphatic rings. The van der Waals surface area contributed by atoms with E-state index in [-0.39, 0.29) is 12.6 Å². The fourth-order valence-corrected chi connectivity index (χ4v) is 2.88. The smallest absolute Gasteiger partial charge is 0.434 e. The Morgan fingerprint density at radius 2 is 1.78 bits per heavy atom. The highest BCUT2D eigenvalue weighted by molar-refractivity contribution is 5.89. The Morgan fingerprint density at radius 3 is 2.35 bits per heavy atom. The molecule has 0 spiro atoms. The Hall–Kier alpha value is -2.24. The van der Waals surface area contributed by atoms with Crippen molar-refractivity contribution < 1.29 is 19.1 Å². The Balaban J connectivity index is 1.90. The van der Waals surface area contributed by atoms with E-state index < -0.39 is 6.16 Å². The molecule has 1 N–H and O–H groups in total. The predicted molar refractivity (Wildman–Crippen MR) is 87.6 cm³/mol. The van der Waals surface area contributed by atoms with Crippen molar-refractivity contribution in [3.8, 4) is 5.75 Å². The Morgan fingerprint density at radius 1 is 1.17 bits per heavy atom. The first-order valence-corrected chi connectivity index (χ1v) is 7.98. The topological polar surface area (TPSA) is 67.9 Å². The number of benzene rings is 1. The molecule has 2 atom stereocenters. The van der Waals surface area contributed by atoms with Gasteiger partial charge in [0.2, 0.25) is 0 Å². The van der Waals surface area contributed by atoms with Gasteiger partial charge in [-0.15, -0.1) is 0 Å². The first-order valence-electron chi connectivity index (χ1n) is 7.98. The van der Waals surface area contributed by atoms with Gasteiger partial charge in [-0.2, -0.15) is 0 Å². The molecule has 0 radical (unpaired) electrons. The standard InChI is InChI=1S/C17H24N2O4/c1-4-22-17(21)23-15-7-5-14(6-8-15)18-16(20)19-10-12(2)9-13(3)11-19/h5-8,12-13H,4,9-11H2,1-3H3,(H,18,20). The van der Waals surface area contributed by atoms with Crippen LogP contribution in [-0.4, -0.2) is 36.8 Å². The Bertz CT molecular complexity index is 534. The van der Waals surface area contributed by atoms with Crippen molar-refractivity contribution >= 4 is 17.9 Å². The zero-order valence-electron chi connectivity index (χ0n) is 13.9. The number of piperidine rings is 1. The van der Waals surface area contributed by atoms with E-state index in [0.717, 1.165) is 19.5 Å². The molecule has 1 heterocycles. The van der Waals surface area contributed by atoms with Crippen LogP contribution < -0.4 is 10.1 Å². The van der Waals surface area contributed by atoms with Crippen LogP contribution in [-0.2, 0) is 4.74 Å². The van der Waals surface area contributed by atoms with Gasteiger partial charge in [-0.25, -0.2) is 9.59 Å². The quantitative estimate of drug-likeness (QED) is 0.680. The molecular formula is C17H24N2O4. The first kappa shape index (κ1) is 17.1. The van der Waals surface area contributed by atoms with E-state index in [4.69, 9.17) is 9.47 Å². The second-order valence-electron chi connectivity index (χ2n) is 6.09. The van der Waals surface area contributed by atoms with Gasteiger partial charge in [0.25, 0.3) is 0 Å². The van der Waals surface area contributed by atoms with Gasteiger partial charge in [0.15, 0.2) is 0 Å². The summed E-state index contributed by atoms with van der Waals surface area (Å²) in [7, 11) is 0. The van der Waals surface area contributed by atoms with Gasteiger partial charge in [-0.3, -0.25) is 0 Å². The maximum absolute atomic E-state index is 12.3. The third-order valence-corrected chi connectivity index (χ3v) is 3.73. The normalized spacial score (nSPS) is 20.7. The minimum Gasteiger partial charge on any atom is -0.434 e. The summed E-state index contributed by atoms with van der Waals surface area (Å²) in [6.45, 7) is 7.86. The number of carbonyl (C=O) groups is 2. The van der Waals surface area contributed by atoms with E-state index >= 15 is 0 Å². The molecule has 2 amide bonds. The van der Waals surface area contributed by atoms with Crippen molar-refractivity contribution in [1.82, 2.24) is 4.90 Å². The molecule has 0 saturated carbocycles. The molecule has 1 saturated heterocycles. The zero-order valence-corrected chi connectivity index (χ0v) is 13.9. The summed E-state index contributed by atoms with van der Waals surface area (Å²) in [5.41, 5.74) is 0.664. The lowest BCUT2D eigenvalue weighted by Gasteiger charge is -2.34. The molecule has 2 rings (SSSR count). The first-order chi connectivity index (χ1) is 11.0. The predicted octanol–water partition coefficient (Wildman–Crippen LogP) is 3.73. The number of nitrogens with zero attached hydrogens (tertiary/aromatic N) is 1. The fourth-order valence-electron chi connectivity index (χ4n) is 2.88. The number of rotatable bonds is 3. The summed E-state index contributed by atoms with van der Waals surface area (Å²) in [5.74, 6) is 1.41. The molecule has 1 aromatic carbocycles. The van der Waals surface area contributed by atoms with E-state index in [1.54, 1.807) is 31.2 Å². The summed E-state index contributed by atoms with van der Waals surface area (Å²) in [5, 5.41) is 2.87. The Labute approximate surface area is 136 Å². The summed E-state index contributed by atoms with van der Waals surface area (Å²) in [6.07, 6.45) is 0.421. The van der Waals surface area contributed by atoms with Crippen molar-refractivity contribution in [2.45, 2.75) is 27.2 Å². The Kier molecular flexibility index (Phi) is 5.84. The minimum absolute atomic E-state index is 0.0949. The largest absolute Gasteiger partial charge is 0.513 e. The number of likely N-dealkylation sites (tertiary alicyclic amines) is 1. The summed E-state index contributed by atoms with van der Waals surface area (Å²) >= 11 is 0. The molecule has 0 aliphatic carbocycles. The van der Waals surface area contributed by atoms with Crippen molar-refractivity contribution in [2.75, 3.05) is 25.0 Å². The summed E-state index contributed by atoms with van der Waals surface area (Å²) < 4.78 is 9.68. The minimum atomic E-state index is -0.736. The molecule has 2 unspecified atom stereocenters. The maximum Gasteiger partial charge on any atom is 0.513 e. The average Bonchev–Trinajstić information content (AvgIpc) is 2.48. The SMILES string of the molecule is CCOC(=O)Oc1ccc(NC(=O)N2CC(C)CC(C)C2)cc1. The highest BCUT2D eigenvalue weighted by atomic mass is 16.7. The zero-order chi connectivity index (χ0) is 16.8. The second kappa shape index (κ2) is 7.85. The lowest BCUT2D eigenvalue weighted by molar-refractivity contribution is 0.104. The van der Waals surface area contributed by atoms with Crippen LogP contribution in [0.2, 0.25) is 0 Å². The second-order valence-corrected chi connectivity index (χ2v) is 6.09. The highest BCUT2D eigenvalue weighted by Gasteiger charge is 2.25. The van der Waals surface area contributed by atoms with E-state index in [2.05, 4.69) is 19.2 Å². The molecule has 1 fully saturated rings. The van der Waals surface area contributed by atoms with Crippen molar-refractivity contribution in [3.63, 3.8) is 0 Å². The van der Waals surface area contributed by atoms with Crippen LogP contribution >= 0.6 is 0 Å². The average molecular weight is 320 g/mol. The van der Waals surface area contributed by atoms with Gasteiger partial charge < -0.3 is 19.7 Å². The van der Waals surface area contributed by atoms with E-state index in [9.17, 15) is 9.59 Å². The van der Waals surface area contributed by atoms with Gasteiger partial charge in [0.05, 0.1) is 6.61 Å².